The van der Waals surface area contributed by atoms with Crippen LogP contribution in [0.4, 0.5) is 0 Å². The van der Waals surface area contributed by atoms with Crippen LogP contribution in [0.1, 0.15) is 18.0 Å². The first-order chi connectivity index (χ1) is 9.31. The van der Waals surface area contributed by atoms with E-state index in [0.29, 0.717) is 13.2 Å². The third kappa shape index (κ3) is 4.30. The van der Waals surface area contributed by atoms with Crippen LogP contribution in [0.15, 0.2) is 18.2 Å². The van der Waals surface area contributed by atoms with Gasteiger partial charge in [-0.3, -0.25) is 0 Å². The van der Waals surface area contributed by atoms with Gasteiger partial charge in [-0.1, -0.05) is 6.07 Å². The van der Waals surface area contributed by atoms with Crippen LogP contribution in [0.3, 0.4) is 0 Å². The van der Waals surface area contributed by atoms with E-state index in [9.17, 15) is 0 Å². The third-order valence-corrected chi connectivity index (χ3v) is 4.10. The second-order valence-corrected chi connectivity index (χ2v) is 5.58. The second kappa shape index (κ2) is 7.62. The number of thioether (sulfide) groups is 1. The molecule has 0 bridgehead atoms. The Hall–Kier alpha value is -0.910. The van der Waals surface area contributed by atoms with Gasteiger partial charge < -0.3 is 19.9 Å². The molecule has 1 aromatic rings. The van der Waals surface area contributed by atoms with Gasteiger partial charge in [0.05, 0.1) is 0 Å². The van der Waals surface area contributed by atoms with Gasteiger partial charge in [-0.15, -0.1) is 0 Å². The van der Waals surface area contributed by atoms with E-state index in [1.807, 2.05) is 30.0 Å². The van der Waals surface area contributed by atoms with Gasteiger partial charge in [0.1, 0.15) is 13.2 Å². The SMILES string of the molecule is COCCCSCC(N)c1ccc2c(c1)OCCO2. The topological polar surface area (TPSA) is 53.7 Å². The van der Waals surface area contributed by atoms with Crippen molar-refractivity contribution < 1.29 is 14.2 Å². The van der Waals surface area contributed by atoms with Crippen molar-refractivity contribution in [2.24, 2.45) is 5.73 Å². The molecule has 1 aliphatic heterocycles. The van der Waals surface area contributed by atoms with E-state index >= 15 is 0 Å². The molecule has 0 amide bonds. The number of hydrogen-bond donors (Lipinski definition) is 1. The van der Waals surface area contributed by atoms with Crippen LogP contribution in [-0.2, 0) is 4.74 Å². The summed E-state index contributed by atoms with van der Waals surface area (Å²) in [6.45, 7) is 2.04. The van der Waals surface area contributed by atoms with Crippen molar-refractivity contribution in [2.45, 2.75) is 12.5 Å². The minimum Gasteiger partial charge on any atom is -0.486 e. The normalized spacial score (nSPS) is 15.3. The number of rotatable bonds is 7. The number of methoxy groups -OCH3 is 1. The Balaban J connectivity index is 1.83. The molecule has 0 spiro atoms. The molecular weight excluding hydrogens is 262 g/mol. The van der Waals surface area contributed by atoms with Gasteiger partial charge in [0.25, 0.3) is 0 Å². The number of ether oxygens (including phenoxy) is 3. The van der Waals surface area contributed by atoms with Crippen LogP contribution in [0, 0.1) is 0 Å². The highest BCUT2D eigenvalue weighted by Gasteiger charge is 2.14. The van der Waals surface area contributed by atoms with Gasteiger partial charge in [0.2, 0.25) is 0 Å². The summed E-state index contributed by atoms with van der Waals surface area (Å²) in [4.78, 5) is 0. The summed E-state index contributed by atoms with van der Waals surface area (Å²) in [5.74, 6) is 3.61. The zero-order valence-corrected chi connectivity index (χ0v) is 12.1. The zero-order chi connectivity index (χ0) is 13.5. The van der Waals surface area contributed by atoms with Gasteiger partial charge in [0.15, 0.2) is 11.5 Å². The van der Waals surface area contributed by atoms with E-state index in [0.717, 1.165) is 41.6 Å². The molecular formula is C14H21NO3S. The first-order valence-corrected chi connectivity index (χ1v) is 7.68. The van der Waals surface area contributed by atoms with Crippen LogP contribution in [0.2, 0.25) is 0 Å². The Morgan fingerprint density at radius 1 is 1.32 bits per heavy atom. The van der Waals surface area contributed by atoms with Gasteiger partial charge in [0, 0.05) is 25.5 Å². The molecule has 1 aromatic carbocycles. The molecule has 1 atom stereocenters. The van der Waals surface area contributed by atoms with E-state index in [-0.39, 0.29) is 6.04 Å². The summed E-state index contributed by atoms with van der Waals surface area (Å²) in [7, 11) is 1.73. The molecule has 0 fully saturated rings. The molecule has 5 heteroatoms. The van der Waals surface area contributed by atoms with E-state index in [4.69, 9.17) is 19.9 Å². The molecule has 2 rings (SSSR count). The van der Waals surface area contributed by atoms with E-state index < -0.39 is 0 Å². The van der Waals surface area contributed by atoms with Crippen LogP contribution >= 0.6 is 11.8 Å². The van der Waals surface area contributed by atoms with Crippen molar-refractivity contribution in [3.05, 3.63) is 23.8 Å². The predicted molar refractivity (Wildman–Crippen MR) is 78.2 cm³/mol. The fourth-order valence-corrected chi connectivity index (χ4v) is 2.84. The number of benzene rings is 1. The lowest BCUT2D eigenvalue weighted by molar-refractivity contribution is 0.171. The maximum atomic E-state index is 6.19. The summed E-state index contributed by atoms with van der Waals surface area (Å²) in [5, 5.41) is 0. The van der Waals surface area contributed by atoms with Gasteiger partial charge >= 0.3 is 0 Å². The Morgan fingerprint density at radius 2 is 2.11 bits per heavy atom. The van der Waals surface area contributed by atoms with E-state index in [2.05, 4.69) is 0 Å². The van der Waals surface area contributed by atoms with Crippen molar-refractivity contribution in [1.82, 2.24) is 0 Å². The summed E-state index contributed by atoms with van der Waals surface area (Å²) < 4.78 is 16.1. The number of fused-ring (bicyclic) bond motifs is 1. The molecule has 2 N–H and O–H groups in total. The largest absolute Gasteiger partial charge is 0.486 e. The second-order valence-electron chi connectivity index (χ2n) is 4.43. The molecule has 0 radical (unpaired) electrons. The average molecular weight is 283 g/mol. The number of nitrogens with two attached hydrogens (primary N) is 1. The minimum absolute atomic E-state index is 0.0309. The van der Waals surface area contributed by atoms with Crippen molar-refractivity contribution in [1.29, 1.82) is 0 Å². The summed E-state index contributed by atoms with van der Waals surface area (Å²) >= 11 is 1.86. The summed E-state index contributed by atoms with van der Waals surface area (Å²) in [5.41, 5.74) is 7.29. The first kappa shape index (κ1) is 14.5. The van der Waals surface area contributed by atoms with Gasteiger partial charge in [-0.25, -0.2) is 0 Å². The number of hydrogen-bond acceptors (Lipinski definition) is 5. The molecule has 0 saturated heterocycles. The van der Waals surface area contributed by atoms with Crippen LogP contribution < -0.4 is 15.2 Å². The lowest BCUT2D eigenvalue weighted by atomic mass is 10.1. The minimum atomic E-state index is 0.0309. The smallest absolute Gasteiger partial charge is 0.161 e. The van der Waals surface area contributed by atoms with Crippen molar-refractivity contribution in [2.75, 3.05) is 38.4 Å². The Morgan fingerprint density at radius 3 is 2.89 bits per heavy atom. The molecule has 0 saturated carbocycles. The quantitative estimate of drug-likeness (QED) is 0.778. The van der Waals surface area contributed by atoms with E-state index in [1.54, 1.807) is 7.11 Å². The monoisotopic (exact) mass is 283 g/mol. The maximum Gasteiger partial charge on any atom is 0.161 e. The molecule has 106 valence electrons. The fraction of sp³-hybridized carbons (Fsp3) is 0.571. The average Bonchev–Trinajstić information content (AvgIpc) is 2.46. The molecule has 1 aliphatic rings. The van der Waals surface area contributed by atoms with Crippen molar-refractivity contribution in [3.8, 4) is 11.5 Å². The highest BCUT2D eigenvalue weighted by molar-refractivity contribution is 7.99. The fourth-order valence-electron chi connectivity index (χ4n) is 1.90. The zero-order valence-electron chi connectivity index (χ0n) is 11.3. The van der Waals surface area contributed by atoms with Crippen LogP contribution in [0.25, 0.3) is 0 Å². The first-order valence-electron chi connectivity index (χ1n) is 6.53. The Kier molecular flexibility index (Phi) is 5.82. The molecule has 0 aliphatic carbocycles. The van der Waals surface area contributed by atoms with Gasteiger partial charge in [-0.2, -0.15) is 11.8 Å². The highest BCUT2D eigenvalue weighted by Crippen LogP contribution is 2.32. The molecule has 0 aromatic heterocycles. The maximum absolute atomic E-state index is 6.19. The predicted octanol–water partition coefficient (Wildman–Crippen LogP) is 2.23. The van der Waals surface area contributed by atoms with Crippen LogP contribution in [0.5, 0.6) is 11.5 Å². The van der Waals surface area contributed by atoms with Crippen molar-refractivity contribution >= 4 is 11.8 Å². The van der Waals surface area contributed by atoms with Gasteiger partial charge in [-0.05, 0) is 29.9 Å². The standard InChI is InChI=1S/C14H21NO3S/c1-16-5-2-8-19-10-12(15)11-3-4-13-14(9-11)18-7-6-17-13/h3-4,9,12H,2,5-8,10,15H2,1H3. The third-order valence-electron chi connectivity index (χ3n) is 2.93. The molecule has 4 nitrogen and oxygen atoms in total. The Labute approximate surface area is 118 Å². The van der Waals surface area contributed by atoms with Crippen LogP contribution in [-0.4, -0.2) is 38.4 Å². The molecule has 19 heavy (non-hydrogen) atoms. The van der Waals surface area contributed by atoms with Crippen molar-refractivity contribution in [3.63, 3.8) is 0 Å². The molecule has 1 unspecified atom stereocenters. The molecule has 1 heterocycles. The lowest BCUT2D eigenvalue weighted by Gasteiger charge is -2.20. The summed E-state index contributed by atoms with van der Waals surface area (Å²) in [6.07, 6.45) is 1.06. The van der Waals surface area contributed by atoms with E-state index in [1.165, 1.54) is 0 Å². The summed E-state index contributed by atoms with van der Waals surface area (Å²) in [6, 6.07) is 5.99. The Bertz CT molecular complexity index is 400. The highest BCUT2D eigenvalue weighted by atomic mass is 32.2. The lowest BCUT2D eigenvalue weighted by Crippen LogP contribution is -2.17.